The van der Waals surface area contributed by atoms with Gasteiger partial charge in [-0.2, -0.15) is 5.10 Å². The number of rotatable bonds is 9. The van der Waals surface area contributed by atoms with Gasteiger partial charge < -0.3 is 14.8 Å². The first kappa shape index (κ1) is 24.6. The molecule has 0 saturated carbocycles. The van der Waals surface area contributed by atoms with Gasteiger partial charge in [-0.15, -0.1) is 0 Å². The molecule has 0 heterocycles. The average molecular weight is 541 g/mol. The SMILES string of the molecule is CCOc1cc(C=NNC(=O)C(NC(=O)c2ccc(F)cc2)C(C)C)cc(I)c1OC. The summed E-state index contributed by atoms with van der Waals surface area (Å²) in [5.41, 5.74) is 3.44. The molecule has 1 atom stereocenters. The molecule has 0 radical (unpaired) electrons. The number of ether oxygens (including phenoxy) is 2. The minimum atomic E-state index is -0.815. The zero-order chi connectivity index (χ0) is 23.0. The topological polar surface area (TPSA) is 89.0 Å². The number of nitrogens with one attached hydrogen (secondary N) is 2. The van der Waals surface area contributed by atoms with E-state index in [1.54, 1.807) is 27.0 Å². The third-order valence-corrected chi connectivity index (χ3v) is 5.07. The smallest absolute Gasteiger partial charge is 0.262 e. The second kappa shape index (κ2) is 11.6. The number of nitrogens with zero attached hydrogens (tertiary/aromatic N) is 1. The van der Waals surface area contributed by atoms with E-state index in [-0.39, 0.29) is 11.5 Å². The summed E-state index contributed by atoms with van der Waals surface area (Å²) in [7, 11) is 1.57. The lowest BCUT2D eigenvalue weighted by Crippen LogP contribution is -2.48. The van der Waals surface area contributed by atoms with Crippen LogP contribution in [-0.2, 0) is 4.79 Å². The predicted molar refractivity (Wildman–Crippen MR) is 125 cm³/mol. The Kier molecular flexibility index (Phi) is 9.22. The fourth-order valence-electron chi connectivity index (χ4n) is 2.72. The van der Waals surface area contributed by atoms with Crippen molar-refractivity contribution in [3.8, 4) is 11.5 Å². The Morgan fingerprint density at radius 2 is 1.90 bits per heavy atom. The molecular formula is C22H25FIN3O4. The summed E-state index contributed by atoms with van der Waals surface area (Å²) in [6.45, 7) is 5.96. The molecule has 0 aliphatic heterocycles. The van der Waals surface area contributed by atoms with Crippen LogP contribution in [0.1, 0.15) is 36.7 Å². The molecule has 2 amide bonds. The lowest BCUT2D eigenvalue weighted by molar-refractivity contribution is -0.123. The maximum Gasteiger partial charge on any atom is 0.262 e. The highest BCUT2D eigenvalue weighted by atomic mass is 127. The zero-order valence-corrected chi connectivity index (χ0v) is 19.9. The third-order valence-electron chi connectivity index (χ3n) is 4.27. The van der Waals surface area contributed by atoms with Gasteiger partial charge in [-0.3, -0.25) is 9.59 Å². The minimum Gasteiger partial charge on any atom is -0.492 e. The van der Waals surface area contributed by atoms with E-state index in [4.69, 9.17) is 9.47 Å². The highest BCUT2D eigenvalue weighted by Gasteiger charge is 2.24. The molecule has 2 aromatic rings. The third kappa shape index (κ3) is 6.91. The summed E-state index contributed by atoms with van der Waals surface area (Å²) >= 11 is 2.13. The molecule has 0 aromatic heterocycles. The van der Waals surface area contributed by atoms with Crippen molar-refractivity contribution in [2.24, 2.45) is 11.0 Å². The van der Waals surface area contributed by atoms with Crippen LogP contribution in [0.3, 0.4) is 0 Å². The number of halogens is 2. The van der Waals surface area contributed by atoms with Crippen molar-refractivity contribution >= 4 is 40.6 Å². The molecule has 31 heavy (non-hydrogen) atoms. The van der Waals surface area contributed by atoms with E-state index in [1.807, 2.05) is 13.0 Å². The van der Waals surface area contributed by atoms with Crippen LogP contribution < -0.4 is 20.2 Å². The van der Waals surface area contributed by atoms with E-state index in [0.717, 1.165) is 3.57 Å². The van der Waals surface area contributed by atoms with Crippen LogP contribution in [0.4, 0.5) is 4.39 Å². The van der Waals surface area contributed by atoms with Crippen molar-refractivity contribution in [1.82, 2.24) is 10.7 Å². The predicted octanol–water partition coefficient (Wildman–Crippen LogP) is 3.74. The standard InChI is InChI=1S/C22H25FIN3O4/c1-5-31-18-11-14(10-17(24)20(18)30-4)12-25-27-22(29)19(13(2)3)26-21(28)15-6-8-16(23)9-7-15/h6-13,19H,5H2,1-4H3,(H,26,28)(H,27,29). The van der Waals surface area contributed by atoms with Crippen LogP contribution in [0, 0.1) is 15.3 Å². The molecule has 0 aliphatic rings. The summed E-state index contributed by atoms with van der Waals surface area (Å²) < 4.78 is 24.8. The maximum atomic E-state index is 13.1. The van der Waals surface area contributed by atoms with Crippen LogP contribution in [0.15, 0.2) is 41.5 Å². The van der Waals surface area contributed by atoms with Gasteiger partial charge in [0, 0.05) is 5.56 Å². The second-order valence-electron chi connectivity index (χ2n) is 6.90. The van der Waals surface area contributed by atoms with Gasteiger partial charge >= 0.3 is 0 Å². The summed E-state index contributed by atoms with van der Waals surface area (Å²) in [4.78, 5) is 25.0. The first-order chi connectivity index (χ1) is 14.8. The van der Waals surface area contributed by atoms with E-state index in [0.29, 0.717) is 23.7 Å². The number of carbonyl (C=O) groups excluding carboxylic acids is 2. The Morgan fingerprint density at radius 3 is 2.48 bits per heavy atom. The monoisotopic (exact) mass is 541 g/mol. The number of benzene rings is 2. The Hall–Kier alpha value is -2.69. The number of hydrazone groups is 1. The molecule has 0 saturated heterocycles. The van der Waals surface area contributed by atoms with Crippen molar-refractivity contribution in [2.45, 2.75) is 26.8 Å². The lowest BCUT2D eigenvalue weighted by Gasteiger charge is -2.20. The van der Waals surface area contributed by atoms with Crippen molar-refractivity contribution < 1.29 is 23.5 Å². The van der Waals surface area contributed by atoms with Gasteiger partial charge in [0.1, 0.15) is 11.9 Å². The van der Waals surface area contributed by atoms with Crippen molar-refractivity contribution in [1.29, 1.82) is 0 Å². The minimum absolute atomic E-state index is 0.189. The molecule has 0 spiro atoms. The Morgan fingerprint density at radius 1 is 1.23 bits per heavy atom. The van der Waals surface area contributed by atoms with Gasteiger partial charge in [0.05, 0.1) is 23.5 Å². The molecule has 2 aromatic carbocycles. The van der Waals surface area contributed by atoms with E-state index < -0.39 is 23.7 Å². The van der Waals surface area contributed by atoms with Crippen LogP contribution in [0.5, 0.6) is 11.5 Å². The number of hydrogen-bond acceptors (Lipinski definition) is 5. The summed E-state index contributed by atoms with van der Waals surface area (Å²) in [5, 5.41) is 6.67. The number of methoxy groups -OCH3 is 1. The number of hydrogen-bond donors (Lipinski definition) is 2. The zero-order valence-electron chi connectivity index (χ0n) is 17.7. The molecule has 2 rings (SSSR count). The van der Waals surface area contributed by atoms with Gasteiger partial charge in [0.15, 0.2) is 11.5 Å². The van der Waals surface area contributed by atoms with E-state index in [9.17, 15) is 14.0 Å². The van der Waals surface area contributed by atoms with Gasteiger partial charge in [0.25, 0.3) is 11.8 Å². The van der Waals surface area contributed by atoms with Crippen LogP contribution in [-0.4, -0.2) is 37.8 Å². The average Bonchev–Trinajstić information content (AvgIpc) is 2.72. The fourth-order valence-corrected chi connectivity index (χ4v) is 3.57. The normalized spacial score (nSPS) is 12.0. The van der Waals surface area contributed by atoms with E-state index in [2.05, 4.69) is 38.4 Å². The highest BCUT2D eigenvalue weighted by Crippen LogP contribution is 2.33. The Balaban J connectivity index is 2.08. The van der Waals surface area contributed by atoms with Gasteiger partial charge in [-0.05, 0) is 77.4 Å². The first-order valence-electron chi connectivity index (χ1n) is 9.66. The van der Waals surface area contributed by atoms with Gasteiger partial charge in [0.2, 0.25) is 0 Å². The Bertz CT molecular complexity index is 949. The Labute approximate surface area is 194 Å². The van der Waals surface area contributed by atoms with E-state index >= 15 is 0 Å². The van der Waals surface area contributed by atoms with Gasteiger partial charge in [-0.1, -0.05) is 13.8 Å². The van der Waals surface area contributed by atoms with Gasteiger partial charge in [-0.25, -0.2) is 9.82 Å². The molecule has 0 fully saturated rings. The molecule has 1 unspecified atom stereocenters. The fraction of sp³-hybridized carbons (Fsp3) is 0.318. The van der Waals surface area contributed by atoms with Crippen molar-refractivity contribution in [2.75, 3.05) is 13.7 Å². The summed E-state index contributed by atoms with van der Waals surface area (Å²) in [6.07, 6.45) is 1.49. The second-order valence-corrected chi connectivity index (χ2v) is 8.07. The lowest BCUT2D eigenvalue weighted by atomic mass is 10.0. The highest BCUT2D eigenvalue weighted by molar-refractivity contribution is 14.1. The molecule has 2 N–H and O–H groups in total. The number of carbonyl (C=O) groups is 2. The largest absolute Gasteiger partial charge is 0.492 e. The first-order valence-corrected chi connectivity index (χ1v) is 10.7. The van der Waals surface area contributed by atoms with Crippen molar-refractivity contribution in [3.05, 3.63) is 56.9 Å². The molecule has 0 aliphatic carbocycles. The van der Waals surface area contributed by atoms with E-state index in [1.165, 1.54) is 30.5 Å². The summed E-state index contributed by atoms with van der Waals surface area (Å²) in [6, 6.07) is 7.89. The van der Waals surface area contributed by atoms with Crippen LogP contribution in [0.2, 0.25) is 0 Å². The van der Waals surface area contributed by atoms with Crippen LogP contribution >= 0.6 is 22.6 Å². The molecule has 166 valence electrons. The molecular weight excluding hydrogens is 516 g/mol. The quantitative estimate of drug-likeness (QED) is 0.288. The van der Waals surface area contributed by atoms with Crippen LogP contribution in [0.25, 0.3) is 0 Å². The summed E-state index contributed by atoms with van der Waals surface area (Å²) in [5.74, 6) is -0.349. The number of amides is 2. The molecule has 0 bridgehead atoms. The van der Waals surface area contributed by atoms with Crippen molar-refractivity contribution in [3.63, 3.8) is 0 Å². The molecule has 9 heteroatoms. The molecule has 7 nitrogen and oxygen atoms in total. The maximum absolute atomic E-state index is 13.1.